The van der Waals surface area contributed by atoms with Gasteiger partial charge in [0.25, 0.3) is 5.91 Å². The molecule has 1 fully saturated rings. The van der Waals surface area contributed by atoms with Crippen molar-refractivity contribution in [3.8, 4) is 11.5 Å². The Morgan fingerprint density at radius 1 is 1.14 bits per heavy atom. The van der Waals surface area contributed by atoms with Gasteiger partial charge in [0.05, 0.1) is 27.0 Å². The number of unbranched alkanes of at least 4 members (excludes halogenated alkanes) is 1. The van der Waals surface area contributed by atoms with Crippen molar-refractivity contribution in [2.24, 2.45) is 0 Å². The monoisotopic (exact) mass is 485 g/mol. The summed E-state index contributed by atoms with van der Waals surface area (Å²) in [4.78, 5) is 41.0. The lowest BCUT2D eigenvalue weighted by Crippen LogP contribution is -2.49. The van der Waals surface area contributed by atoms with Crippen molar-refractivity contribution >= 4 is 17.7 Å². The highest BCUT2D eigenvalue weighted by Crippen LogP contribution is 2.34. The van der Waals surface area contributed by atoms with Gasteiger partial charge in [-0.2, -0.15) is 0 Å². The van der Waals surface area contributed by atoms with Crippen molar-refractivity contribution in [2.45, 2.75) is 57.5 Å². The van der Waals surface area contributed by atoms with E-state index in [2.05, 4.69) is 10.6 Å². The lowest BCUT2D eigenvalue weighted by atomic mass is 10.0. The number of benzene rings is 1. The minimum absolute atomic E-state index is 0.0797. The lowest BCUT2D eigenvalue weighted by Gasteiger charge is -2.33. The Balaban J connectivity index is 1.91. The summed E-state index contributed by atoms with van der Waals surface area (Å²) in [5.41, 5.74) is 0.561. The maximum absolute atomic E-state index is 13.7. The van der Waals surface area contributed by atoms with Gasteiger partial charge < -0.3 is 29.4 Å². The number of ether oxygens (including phenoxy) is 2. The fourth-order valence-electron chi connectivity index (χ4n) is 4.32. The molecule has 9 nitrogen and oxygen atoms in total. The quantitative estimate of drug-likeness (QED) is 0.477. The molecule has 3 rings (SSSR count). The molecule has 3 amide bonds. The van der Waals surface area contributed by atoms with E-state index in [0.717, 1.165) is 32.1 Å². The molecule has 0 spiro atoms. The average Bonchev–Trinajstić information content (AvgIpc) is 3.59. The van der Waals surface area contributed by atoms with Gasteiger partial charge in [-0.15, -0.1) is 0 Å². The van der Waals surface area contributed by atoms with Crippen LogP contribution < -0.4 is 20.1 Å². The molecule has 1 aromatic heterocycles. The van der Waals surface area contributed by atoms with Crippen molar-refractivity contribution in [2.75, 3.05) is 27.3 Å². The number of carbonyl (C=O) groups is 3. The van der Waals surface area contributed by atoms with Crippen LogP contribution in [-0.4, -0.2) is 56.0 Å². The second-order valence-corrected chi connectivity index (χ2v) is 8.60. The molecule has 0 unspecified atom stereocenters. The minimum Gasteiger partial charge on any atom is -0.497 e. The van der Waals surface area contributed by atoms with Gasteiger partial charge in [-0.3, -0.25) is 14.4 Å². The molecule has 2 aromatic rings. The smallest absolute Gasteiger partial charge is 0.287 e. The number of nitrogens with one attached hydrogen (secondary N) is 2. The van der Waals surface area contributed by atoms with E-state index >= 15 is 0 Å². The van der Waals surface area contributed by atoms with Gasteiger partial charge in [0.1, 0.15) is 17.5 Å². The van der Waals surface area contributed by atoms with E-state index in [4.69, 9.17) is 13.9 Å². The number of rotatable bonds is 12. The van der Waals surface area contributed by atoms with Gasteiger partial charge in [-0.1, -0.05) is 26.2 Å². The summed E-state index contributed by atoms with van der Waals surface area (Å²) in [6.45, 7) is 2.10. The lowest BCUT2D eigenvalue weighted by molar-refractivity contribution is -0.140. The fraction of sp³-hybridized carbons (Fsp3) is 0.500. The Kier molecular flexibility index (Phi) is 9.57. The summed E-state index contributed by atoms with van der Waals surface area (Å²) >= 11 is 0. The van der Waals surface area contributed by atoms with Crippen LogP contribution in [-0.2, 0) is 9.59 Å². The largest absolute Gasteiger partial charge is 0.497 e. The third kappa shape index (κ3) is 6.77. The number of hydrogen-bond acceptors (Lipinski definition) is 6. The van der Waals surface area contributed by atoms with Crippen LogP contribution >= 0.6 is 0 Å². The van der Waals surface area contributed by atoms with Gasteiger partial charge in [0, 0.05) is 24.2 Å². The number of nitrogens with zero attached hydrogens (tertiary/aromatic N) is 1. The Bertz CT molecular complexity index is 985. The first kappa shape index (κ1) is 26.1. The summed E-state index contributed by atoms with van der Waals surface area (Å²) in [6.07, 6.45) is 6.89. The molecular formula is C26H35N3O6. The zero-order valence-electron chi connectivity index (χ0n) is 20.7. The van der Waals surface area contributed by atoms with E-state index in [0.29, 0.717) is 30.0 Å². The van der Waals surface area contributed by atoms with E-state index in [-0.39, 0.29) is 30.2 Å². The van der Waals surface area contributed by atoms with Crippen LogP contribution in [0.4, 0.5) is 0 Å². The van der Waals surface area contributed by atoms with Crippen molar-refractivity contribution in [3.63, 3.8) is 0 Å². The van der Waals surface area contributed by atoms with Crippen LogP contribution in [0.5, 0.6) is 11.5 Å². The van der Waals surface area contributed by atoms with Crippen LogP contribution in [0, 0.1) is 0 Å². The van der Waals surface area contributed by atoms with Gasteiger partial charge in [0.2, 0.25) is 11.8 Å². The number of methoxy groups -OCH3 is 2. The van der Waals surface area contributed by atoms with Gasteiger partial charge in [-0.05, 0) is 43.5 Å². The predicted octanol–water partition coefficient (Wildman–Crippen LogP) is 3.46. The molecule has 1 heterocycles. The molecule has 1 atom stereocenters. The Hall–Kier alpha value is -3.49. The fourth-order valence-corrected chi connectivity index (χ4v) is 4.32. The first-order valence-electron chi connectivity index (χ1n) is 12.1. The third-order valence-electron chi connectivity index (χ3n) is 6.21. The Labute approximate surface area is 206 Å². The molecule has 0 bridgehead atoms. The molecule has 9 heteroatoms. The number of furan rings is 1. The molecule has 1 saturated carbocycles. The maximum atomic E-state index is 13.7. The second kappa shape index (κ2) is 12.8. The zero-order valence-corrected chi connectivity index (χ0v) is 20.7. The molecule has 0 saturated heterocycles. The summed E-state index contributed by atoms with van der Waals surface area (Å²) in [5, 5.41) is 5.73. The summed E-state index contributed by atoms with van der Waals surface area (Å²) in [5.74, 6) is 0.0190. The number of carbonyl (C=O) groups excluding carboxylic acids is 3. The van der Waals surface area contributed by atoms with Crippen LogP contribution in [0.15, 0.2) is 41.0 Å². The predicted molar refractivity (Wildman–Crippen MR) is 130 cm³/mol. The molecule has 1 aliphatic rings. The topological polar surface area (TPSA) is 110 Å². The van der Waals surface area contributed by atoms with E-state index in [9.17, 15) is 14.4 Å². The molecule has 35 heavy (non-hydrogen) atoms. The van der Waals surface area contributed by atoms with Crippen LogP contribution in [0.25, 0.3) is 0 Å². The molecule has 190 valence electrons. The van der Waals surface area contributed by atoms with Crippen molar-refractivity contribution in [1.29, 1.82) is 0 Å². The molecule has 1 aliphatic carbocycles. The maximum Gasteiger partial charge on any atom is 0.287 e. The van der Waals surface area contributed by atoms with Crippen molar-refractivity contribution < 1.29 is 28.3 Å². The SMILES string of the molecule is CCCCN(C(=O)CNC(=O)c1ccco1)[C@H](C(=O)NC1CCCC1)c1ccc(OC)cc1OC. The second-order valence-electron chi connectivity index (χ2n) is 8.60. The van der Waals surface area contributed by atoms with E-state index in [1.807, 2.05) is 6.92 Å². The zero-order chi connectivity index (χ0) is 25.2. The molecule has 1 aromatic carbocycles. The number of hydrogen-bond donors (Lipinski definition) is 2. The first-order chi connectivity index (χ1) is 17.0. The average molecular weight is 486 g/mol. The Morgan fingerprint density at radius 2 is 1.91 bits per heavy atom. The van der Waals surface area contributed by atoms with Gasteiger partial charge in [0.15, 0.2) is 5.76 Å². The highest BCUT2D eigenvalue weighted by atomic mass is 16.5. The summed E-state index contributed by atoms with van der Waals surface area (Å²) in [6, 6.07) is 7.48. The van der Waals surface area contributed by atoms with Crippen molar-refractivity contribution in [1.82, 2.24) is 15.5 Å². The highest BCUT2D eigenvalue weighted by Gasteiger charge is 2.35. The minimum atomic E-state index is -0.920. The van der Waals surface area contributed by atoms with E-state index in [1.54, 1.807) is 31.4 Å². The van der Waals surface area contributed by atoms with Crippen molar-refractivity contribution in [3.05, 3.63) is 47.9 Å². The van der Waals surface area contributed by atoms with Gasteiger partial charge >= 0.3 is 0 Å². The van der Waals surface area contributed by atoms with E-state index in [1.165, 1.54) is 24.3 Å². The normalized spacial score (nSPS) is 14.3. The third-order valence-corrected chi connectivity index (χ3v) is 6.21. The number of amides is 3. The summed E-state index contributed by atoms with van der Waals surface area (Å²) in [7, 11) is 3.07. The summed E-state index contributed by atoms with van der Waals surface area (Å²) < 4.78 is 16.0. The Morgan fingerprint density at radius 3 is 2.54 bits per heavy atom. The molecular weight excluding hydrogens is 450 g/mol. The molecule has 0 radical (unpaired) electrons. The van der Waals surface area contributed by atoms with Crippen LogP contribution in [0.3, 0.4) is 0 Å². The first-order valence-corrected chi connectivity index (χ1v) is 12.1. The molecule has 0 aliphatic heterocycles. The standard InChI is InChI=1S/C26H35N3O6/c1-4-5-14-29(23(30)17-27-25(31)21-11-8-15-35-21)24(26(32)28-18-9-6-7-10-18)20-13-12-19(33-2)16-22(20)34-3/h8,11-13,15-16,18,24H,4-7,9-10,14,17H2,1-3H3,(H,27,31)(H,28,32)/t24-/m0/s1. The molecule has 2 N–H and O–H groups in total. The highest BCUT2D eigenvalue weighted by molar-refractivity contribution is 5.95. The van der Waals surface area contributed by atoms with Gasteiger partial charge in [-0.25, -0.2) is 0 Å². The van der Waals surface area contributed by atoms with E-state index < -0.39 is 11.9 Å². The van der Waals surface area contributed by atoms with Crippen LogP contribution in [0.1, 0.15) is 67.6 Å². The van der Waals surface area contributed by atoms with Crippen LogP contribution in [0.2, 0.25) is 0 Å².